The van der Waals surface area contributed by atoms with E-state index >= 15 is 0 Å². The highest BCUT2D eigenvalue weighted by Crippen LogP contribution is 2.05. The maximum atomic E-state index is 12.0. The fraction of sp³-hybridized carbons (Fsp3) is 0.538. The summed E-state index contributed by atoms with van der Waals surface area (Å²) >= 11 is 0. The molecular weight excluding hydrogens is 216 g/mol. The zero-order valence-corrected chi connectivity index (χ0v) is 11.0. The molecular formula is C13H20N2O2. The van der Waals surface area contributed by atoms with Gasteiger partial charge in [-0.3, -0.25) is 9.59 Å². The molecule has 0 aliphatic rings. The van der Waals surface area contributed by atoms with Gasteiger partial charge in [0.15, 0.2) is 0 Å². The molecule has 0 spiro atoms. The molecule has 1 aromatic heterocycles. The minimum atomic E-state index is -0.267. The van der Waals surface area contributed by atoms with E-state index < -0.39 is 0 Å². The first-order valence-corrected chi connectivity index (χ1v) is 5.94. The minimum absolute atomic E-state index is 0.225. The van der Waals surface area contributed by atoms with Crippen LogP contribution in [0.5, 0.6) is 0 Å². The molecule has 0 fully saturated rings. The van der Waals surface area contributed by atoms with Crippen molar-refractivity contribution in [1.82, 2.24) is 9.88 Å². The van der Waals surface area contributed by atoms with E-state index in [0.29, 0.717) is 6.54 Å². The second-order valence-electron chi connectivity index (χ2n) is 4.32. The van der Waals surface area contributed by atoms with Gasteiger partial charge in [0.05, 0.1) is 0 Å². The molecule has 0 aliphatic carbocycles. The Balaban J connectivity index is 3.02. The number of hydrogen-bond acceptors (Lipinski definition) is 2. The molecule has 1 amide bonds. The third-order valence-electron chi connectivity index (χ3n) is 2.91. The van der Waals surface area contributed by atoms with Gasteiger partial charge in [0.2, 0.25) is 0 Å². The number of hydrogen-bond donors (Lipinski definition) is 1. The van der Waals surface area contributed by atoms with Crippen molar-refractivity contribution in [2.75, 3.05) is 6.54 Å². The Bertz CT molecular complexity index is 475. The normalized spacial score (nSPS) is 10.4. The lowest BCUT2D eigenvalue weighted by molar-refractivity contribution is 0.0950. The molecule has 1 N–H and O–H groups in total. The van der Waals surface area contributed by atoms with Crippen molar-refractivity contribution in [2.45, 2.75) is 33.6 Å². The molecule has 1 rings (SSSR count). The highest BCUT2D eigenvalue weighted by molar-refractivity contribution is 5.95. The first-order chi connectivity index (χ1) is 7.99. The summed E-state index contributed by atoms with van der Waals surface area (Å²) in [6.45, 7) is 6.32. The van der Waals surface area contributed by atoms with Crippen LogP contribution in [0.3, 0.4) is 0 Å². The van der Waals surface area contributed by atoms with Gasteiger partial charge in [0, 0.05) is 19.3 Å². The molecule has 1 heterocycles. The molecule has 94 valence electrons. The Kier molecular flexibility index (Phi) is 4.49. The van der Waals surface area contributed by atoms with Gasteiger partial charge >= 0.3 is 0 Å². The molecule has 4 heteroatoms. The molecule has 0 saturated heterocycles. The molecule has 17 heavy (non-hydrogen) atoms. The van der Waals surface area contributed by atoms with Gasteiger partial charge in [0.1, 0.15) is 5.56 Å². The summed E-state index contributed by atoms with van der Waals surface area (Å²) in [7, 11) is 1.68. The number of carbonyl (C=O) groups excluding carboxylic acids is 1. The number of unbranched alkanes of at least 4 members (excludes halogenated alkanes) is 1. The van der Waals surface area contributed by atoms with Crippen LogP contribution in [-0.4, -0.2) is 17.0 Å². The summed E-state index contributed by atoms with van der Waals surface area (Å²) in [6, 6.07) is 1.86. The van der Waals surface area contributed by atoms with Gasteiger partial charge in [0.25, 0.3) is 11.5 Å². The van der Waals surface area contributed by atoms with Gasteiger partial charge in [-0.1, -0.05) is 13.3 Å². The number of carbonyl (C=O) groups is 1. The number of aryl methyl sites for hydroxylation is 2. The summed E-state index contributed by atoms with van der Waals surface area (Å²) in [5, 5.41) is 2.78. The number of aromatic nitrogens is 1. The lowest BCUT2D eigenvalue weighted by Crippen LogP contribution is -2.34. The standard InChI is InChI=1S/C13H20N2O2/c1-5-6-7-14-12(16)11-9(2)8-10(3)15(4)13(11)17/h8H,5-7H2,1-4H3,(H,14,16). The smallest absolute Gasteiger partial charge is 0.263 e. The highest BCUT2D eigenvalue weighted by Gasteiger charge is 2.15. The van der Waals surface area contributed by atoms with Crippen molar-refractivity contribution >= 4 is 5.91 Å². The monoisotopic (exact) mass is 236 g/mol. The molecule has 0 bridgehead atoms. The van der Waals surface area contributed by atoms with Crippen molar-refractivity contribution in [2.24, 2.45) is 7.05 Å². The Morgan fingerprint density at radius 3 is 2.65 bits per heavy atom. The molecule has 0 saturated carbocycles. The van der Waals surface area contributed by atoms with Crippen LogP contribution in [0.1, 0.15) is 41.4 Å². The predicted molar refractivity (Wildman–Crippen MR) is 68.4 cm³/mol. The average molecular weight is 236 g/mol. The van der Waals surface area contributed by atoms with Gasteiger partial charge < -0.3 is 9.88 Å². The Morgan fingerprint density at radius 2 is 2.06 bits per heavy atom. The topological polar surface area (TPSA) is 51.1 Å². The van der Waals surface area contributed by atoms with Crippen molar-refractivity contribution in [3.8, 4) is 0 Å². The number of amides is 1. The number of nitrogens with zero attached hydrogens (tertiary/aromatic N) is 1. The molecule has 1 aromatic rings. The fourth-order valence-electron chi connectivity index (χ4n) is 1.72. The SMILES string of the molecule is CCCCNC(=O)c1c(C)cc(C)n(C)c1=O. The predicted octanol–water partition coefficient (Wildman–Crippen LogP) is 1.53. The van der Waals surface area contributed by atoms with E-state index in [1.54, 1.807) is 14.0 Å². The van der Waals surface area contributed by atoms with E-state index in [1.807, 2.05) is 13.0 Å². The molecule has 0 radical (unpaired) electrons. The molecule has 0 unspecified atom stereocenters. The van der Waals surface area contributed by atoms with E-state index in [0.717, 1.165) is 24.1 Å². The molecule has 4 nitrogen and oxygen atoms in total. The largest absolute Gasteiger partial charge is 0.352 e. The van der Waals surface area contributed by atoms with Crippen LogP contribution in [0.2, 0.25) is 0 Å². The highest BCUT2D eigenvalue weighted by atomic mass is 16.2. The lowest BCUT2D eigenvalue weighted by atomic mass is 10.1. The Hall–Kier alpha value is -1.58. The fourth-order valence-corrected chi connectivity index (χ4v) is 1.72. The van der Waals surface area contributed by atoms with E-state index in [1.165, 1.54) is 4.57 Å². The second-order valence-corrected chi connectivity index (χ2v) is 4.32. The Labute approximate surface area is 102 Å². The first-order valence-electron chi connectivity index (χ1n) is 5.94. The van der Waals surface area contributed by atoms with E-state index in [-0.39, 0.29) is 17.0 Å². The van der Waals surface area contributed by atoms with E-state index in [4.69, 9.17) is 0 Å². The van der Waals surface area contributed by atoms with Crippen molar-refractivity contribution < 1.29 is 4.79 Å². The zero-order chi connectivity index (χ0) is 13.0. The quantitative estimate of drug-likeness (QED) is 0.806. The third-order valence-corrected chi connectivity index (χ3v) is 2.91. The van der Waals surface area contributed by atoms with Gasteiger partial charge in [-0.15, -0.1) is 0 Å². The van der Waals surface area contributed by atoms with Crippen LogP contribution in [-0.2, 0) is 7.05 Å². The maximum Gasteiger partial charge on any atom is 0.263 e. The Morgan fingerprint density at radius 1 is 1.41 bits per heavy atom. The van der Waals surface area contributed by atoms with Crippen LogP contribution in [0.4, 0.5) is 0 Å². The van der Waals surface area contributed by atoms with Crippen LogP contribution in [0.25, 0.3) is 0 Å². The van der Waals surface area contributed by atoms with Crippen LogP contribution >= 0.6 is 0 Å². The van der Waals surface area contributed by atoms with Crippen molar-refractivity contribution in [3.05, 3.63) is 33.2 Å². The summed E-state index contributed by atoms with van der Waals surface area (Å²) < 4.78 is 1.50. The van der Waals surface area contributed by atoms with Crippen LogP contribution in [0, 0.1) is 13.8 Å². The molecule has 0 aromatic carbocycles. The van der Waals surface area contributed by atoms with Gasteiger partial charge in [-0.2, -0.15) is 0 Å². The first kappa shape index (κ1) is 13.5. The summed E-state index contributed by atoms with van der Waals surface area (Å²) in [5.74, 6) is -0.267. The van der Waals surface area contributed by atoms with Crippen molar-refractivity contribution in [1.29, 1.82) is 0 Å². The maximum absolute atomic E-state index is 12.0. The molecule has 0 aliphatic heterocycles. The number of nitrogens with one attached hydrogen (secondary N) is 1. The zero-order valence-electron chi connectivity index (χ0n) is 11.0. The average Bonchev–Trinajstić information content (AvgIpc) is 2.26. The summed E-state index contributed by atoms with van der Waals surface area (Å²) in [5.41, 5.74) is 1.63. The van der Waals surface area contributed by atoms with E-state index in [2.05, 4.69) is 12.2 Å². The molecule has 0 atom stereocenters. The van der Waals surface area contributed by atoms with E-state index in [9.17, 15) is 9.59 Å². The van der Waals surface area contributed by atoms with Gasteiger partial charge in [-0.05, 0) is 31.9 Å². The van der Waals surface area contributed by atoms with Gasteiger partial charge in [-0.25, -0.2) is 0 Å². The summed E-state index contributed by atoms with van der Waals surface area (Å²) in [4.78, 5) is 23.9. The lowest BCUT2D eigenvalue weighted by Gasteiger charge is -2.10. The number of pyridine rings is 1. The van der Waals surface area contributed by atoms with Crippen LogP contribution < -0.4 is 10.9 Å². The number of rotatable bonds is 4. The third kappa shape index (κ3) is 2.96. The van der Waals surface area contributed by atoms with Crippen LogP contribution in [0.15, 0.2) is 10.9 Å². The summed E-state index contributed by atoms with van der Waals surface area (Å²) in [6.07, 6.45) is 1.95. The second kappa shape index (κ2) is 5.66. The minimum Gasteiger partial charge on any atom is -0.352 e. The van der Waals surface area contributed by atoms with Crippen molar-refractivity contribution in [3.63, 3.8) is 0 Å².